The van der Waals surface area contributed by atoms with Gasteiger partial charge >= 0.3 is 0 Å². The molecule has 1 aromatic heterocycles. The fourth-order valence-electron chi connectivity index (χ4n) is 4.59. The van der Waals surface area contributed by atoms with Gasteiger partial charge in [0, 0.05) is 50.4 Å². The Bertz CT molecular complexity index is 1280. The summed E-state index contributed by atoms with van der Waals surface area (Å²) in [4.78, 5) is 43.6. The molecule has 0 N–H and O–H groups in total. The molecular formula is C26H26ClN5O3. The van der Waals surface area contributed by atoms with E-state index in [0.717, 1.165) is 25.1 Å². The van der Waals surface area contributed by atoms with Gasteiger partial charge in [0.15, 0.2) is 0 Å². The summed E-state index contributed by atoms with van der Waals surface area (Å²) >= 11 is 6.44. The van der Waals surface area contributed by atoms with Crippen LogP contribution in [0.1, 0.15) is 29.6 Å². The van der Waals surface area contributed by atoms with E-state index in [2.05, 4.69) is 5.10 Å². The van der Waals surface area contributed by atoms with Crippen LogP contribution in [0, 0.1) is 0 Å². The van der Waals surface area contributed by atoms with E-state index in [1.807, 2.05) is 35.2 Å². The van der Waals surface area contributed by atoms with Gasteiger partial charge in [0.2, 0.25) is 5.91 Å². The quantitative estimate of drug-likeness (QED) is 0.559. The standard InChI is InChI=1S/C26H26ClN5O3/c27-24-22(18-28-32(26(24)35)21-6-2-1-3-7-21)29-14-16-30(17-15-29)25(34)19-9-11-20(12-10-19)31-13-5-4-8-23(31)33/h1-3,6-7,9-12,18H,4-5,8,13-17H2. The lowest BCUT2D eigenvalue weighted by Gasteiger charge is -2.36. The van der Waals surface area contributed by atoms with Crippen molar-refractivity contribution in [1.82, 2.24) is 14.7 Å². The van der Waals surface area contributed by atoms with Gasteiger partial charge < -0.3 is 14.7 Å². The molecule has 0 bridgehead atoms. The van der Waals surface area contributed by atoms with Gasteiger partial charge in [-0.2, -0.15) is 9.78 Å². The minimum Gasteiger partial charge on any atom is -0.365 e. The Kier molecular flexibility index (Phi) is 6.55. The summed E-state index contributed by atoms with van der Waals surface area (Å²) in [5, 5.41) is 4.42. The van der Waals surface area contributed by atoms with Crippen molar-refractivity contribution >= 4 is 34.8 Å². The molecule has 0 unspecified atom stereocenters. The molecule has 2 aromatic carbocycles. The van der Waals surface area contributed by atoms with Gasteiger partial charge in [0.05, 0.1) is 17.6 Å². The van der Waals surface area contributed by atoms with Crippen molar-refractivity contribution in [3.8, 4) is 5.69 Å². The highest BCUT2D eigenvalue weighted by Crippen LogP contribution is 2.25. The normalized spacial score (nSPS) is 16.5. The molecule has 2 fully saturated rings. The smallest absolute Gasteiger partial charge is 0.292 e. The van der Waals surface area contributed by atoms with Crippen molar-refractivity contribution in [2.24, 2.45) is 0 Å². The molecule has 0 atom stereocenters. The van der Waals surface area contributed by atoms with Crippen LogP contribution in [0.15, 0.2) is 65.6 Å². The second-order valence-electron chi connectivity index (χ2n) is 8.72. The number of hydrogen-bond acceptors (Lipinski definition) is 5. The highest BCUT2D eigenvalue weighted by Gasteiger charge is 2.25. The first kappa shape index (κ1) is 23.1. The Morgan fingerprint density at radius 1 is 0.829 bits per heavy atom. The van der Waals surface area contributed by atoms with Crippen molar-refractivity contribution < 1.29 is 9.59 Å². The first-order valence-corrected chi connectivity index (χ1v) is 12.2. The number of piperidine rings is 1. The summed E-state index contributed by atoms with van der Waals surface area (Å²) < 4.78 is 1.28. The minimum absolute atomic E-state index is 0.0510. The third kappa shape index (κ3) is 4.66. The molecule has 0 spiro atoms. The predicted octanol–water partition coefficient (Wildman–Crippen LogP) is 3.37. The lowest BCUT2D eigenvalue weighted by atomic mass is 10.1. The molecule has 2 amide bonds. The lowest BCUT2D eigenvalue weighted by Crippen LogP contribution is -2.49. The summed E-state index contributed by atoms with van der Waals surface area (Å²) in [6, 6.07) is 16.4. The van der Waals surface area contributed by atoms with E-state index in [-0.39, 0.29) is 22.4 Å². The third-order valence-corrected chi connectivity index (χ3v) is 6.91. The average Bonchev–Trinajstić information content (AvgIpc) is 2.91. The minimum atomic E-state index is -0.374. The van der Waals surface area contributed by atoms with Crippen LogP contribution in [0.3, 0.4) is 0 Å². The van der Waals surface area contributed by atoms with Crippen molar-refractivity contribution in [3.05, 3.63) is 81.7 Å². The summed E-state index contributed by atoms with van der Waals surface area (Å²) in [6.07, 6.45) is 4.11. The van der Waals surface area contributed by atoms with Crippen LogP contribution in [0.25, 0.3) is 5.69 Å². The molecule has 2 saturated heterocycles. The van der Waals surface area contributed by atoms with Gasteiger partial charge in [-0.1, -0.05) is 29.8 Å². The first-order chi connectivity index (χ1) is 17.0. The molecule has 180 valence electrons. The predicted molar refractivity (Wildman–Crippen MR) is 136 cm³/mol. The van der Waals surface area contributed by atoms with Crippen LogP contribution in [-0.4, -0.2) is 59.2 Å². The van der Waals surface area contributed by atoms with Crippen LogP contribution in [0.4, 0.5) is 11.4 Å². The van der Waals surface area contributed by atoms with Gasteiger partial charge in [-0.3, -0.25) is 14.4 Å². The van der Waals surface area contributed by atoms with Crippen molar-refractivity contribution in [2.75, 3.05) is 42.5 Å². The van der Waals surface area contributed by atoms with Crippen LogP contribution in [-0.2, 0) is 4.79 Å². The molecule has 2 aliphatic heterocycles. The topological polar surface area (TPSA) is 78.8 Å². The number of anilines is 2. The Hall–Kier alpha value is -3.65. The van der Waals surface area contributed by atoms with E-state index in [9.17, 15) is 14.4 Å². The van der Waals surface area contributed by atoms with Crippen LogP contribution in [0.5, 0.6) is 0 Å². The molecule has 35 heavy (non-hydrogen) atoms. The fraction of sp³-hybridized carbons (Fsp3) is 0.308. The highest BCUT2D eigenvalue weighted by molar-refractivity contribution is 6.33. The molecule has 8 nitrogen and oxygen atoms in total. The Balaban J connectivity index is 1.24. The Morgan fingerprint density at radius 3 is 2.23 bits per heavy atom. The van der Waals surface area contributed by atoms with Crippen LogP contribution in [0.2, 0.25) is 5.02 Å². The van der Waals surface area contributed by atoms with Gasteiger partial charge in [-0.15, -0.1) is 0 Å². The molecular weight excluding hydrogens is 466 g/mol. The number of hydrogen-bond donors (Lipinski definition) is 0. The first-order valence-electron chi connectivity index (χ1n) is 11.8. The highest BCUT2D eigenvalue weighted by atomic mass is 35.5. The number of piperazine rings is 1. The van der Waals surface area contributed by atoms with Gasteiger partial charge in [0.1, 0.15) is 5.02 Å². The third-order valence-electron chi connectivity index (χ3n) is 6.56. The lowest BCUT2D eigenvalue weighted by molar-refractivity contribution is -0.119. The molecule has 3 heterocycles. The van der Waals surface area contributed by atoms with E-state index in [4.69, 9.17) is 11.6 Å². The zero-order chi connectivity index (χ0) is 24.4. The largest absolute Gasteiger partial charge is 0.365 e. The number of aromatic nitrogens is 2. The summed E-state index contributed by atoms with van der Waals surface area (Å²) in [6.45, 7) is 2.82. The summed E-state index contributed by atoms with van der Waals surface area (Å²) in [5.41, 5.74) is 2.28. The SMILES string of the molecule is O=C(c1ccc(N2CCCCC2=O)cc1)N1CCN(c2cnn(-c3ccccc3)c(=O)c2Cl)CC1. The summed E-state index contributed by atoms with van der Waals surface area (Å²) in [5.74, 6) is 0.0842. The maximum atomic E-state index is 13.1. The van der Waals surface area contributed by atoms with E-state index in [1.165, 1.54) is 4.68 Å². The number of carbonyl (C=O) groups excluding carboxylic acids is 2. The average molecular weight is 492 g/mol. The number of benzene rings is 2. The molecule has 0 radical (unpaired) electrons. The number of amides is 2. The molecule has 0 saturated carbocycles. The Labute approximate surface area is 208 Å². The zero-order valence-corrected chi connectivity index (χ0v) is 20.0. The van der Waals surface area contributed by atoms with Gasteiger partial charge in [-0.25, -0.2) is 0 Å². The second-order valence-corrected chi connectivity index (χ2v) is 9.10. The monoisotopic (exact) mass is 491 g/mol. The van der Waals surface area contributed by atoms with Crippen molar-refractivity contribution in [2.45, 2.75) is 19.3 Å². The second kappa shape index (κ2) is 9.92. The number of para-hydroxylation sites is 1. The molecule has 5 rings (SSSR count). The number of nitrogens with zero attached hydrogens (tertiary/aromatic N) is 5. The van der Waals surface area contributed by atoms with E-state index >= 15 is 0 Å². The van der Waals surface area contributed by atoms with Gasteiger partial charge in [-0.05, 0) is 49.2 Å². The number of rotatable bonds is 4. The zero-order valence-electron chi connectivity index (χ0n) is 19.3. The van der Waals surface area contributed by atoms with E-state index in [0.29, 0.717) is 49.5 Å². The molecule has 3 aromatic rings. The van der Waals surface area contributed by atoms with Crippen LogP contribution >= 0.6 is 11.6 Å². The van der Waals surface area contributed by atoms with E-state index < -0.39 is 0 Å². The summed E-state index contributed by atoms with van der Waals surface area (Å²) in [7, 11) is 0. The Morgan fingerprint density at radius 2 is 1.54 bits per heavy atom. The van der Waals surface area contributed by atoms with Gasteiger partial charge in [0.25, 0.3) is 11.5 Å². The van der Waals surface area contributed by atoms with Crippen molar-refractivity contribution in [3.63, 3.8) is 0 Å². The fourth-order valence-corrected chi connectivity index (χ4v) is 4.84. The molecule has 0 aliphatic carbocycles. The van der Waals surface area contributed by atoms with Crippen molar-refractivity contribution in [1.29, 1.82) is 0 Å². The maximum Gasteiger partial charge on any atom is 0.292 e. The maximum absolute atomic E-state index is 13.1. The van der Waals surface area contributed by atoms with Crippen LogP contribution < -0.4 is 15.4 Å². The number of halogens is 1. The number of carbonyl (C=O) groups is 2. The molecule has 2 aliphatic rings. The van der Waals surface area contributed by atoms with E-state index in [1.54, 1.807) is 40.3 Å². The molecule has 9 heteroatoms.